The van der Waals surface area contributed by atoms with Gasteiger partial charge in [-0.15, -0.1) is 0 Å². The molecule has 192 valence electrons. The molecule has 36 heavy (non-hydrogen) atoms. The van der Waals surface area contributed by atoms with Crippen LogP contribution in [0.15, 0.2) is 54.6 Å². The SMILES string of the molecule is COc1ccc(CC(NC(=O)C(C)NC(=O)O)C(=O)NC(Cc2ccccc2)C(=O)C2(C)CO2)cc1. The minimum Gasteiger partial charge on any atom is -0.497 e. The monoisotopic (exact) mass is 497 g/mol. The first kappa shape index (κ1) is 26.7. The second-order valence-electron chi connectivity index (χ2n) is 8.92. The number of rotatable bonds is 12. The van der Waals surface area contributed by atoms with Gasteiger partial charge >= 0.3 is 6.09 Å². The number of ether oxygens (including phenoxy) is 2. The Morgan fingerprint density at radius 2 is 1.47 bits per heavy atom. The van der Waals surface area contributed by atoms with Crippen LogP contribution in [-0.4, -0.2) is 66.2 Å². The number of epoxide rings is 1. The fourth-order valence-electron chi connectivity index (χ4n) is 3.70. The Bertz CT molecular complexity index is 1080. The summed E-state index contributed by atoms with van der Waals surface area (Å²) < 4.78 is 10.5. The molecule has 4 N–H and O–H groups in total. The maximum atomic E-state index is 13.4. The summed E-state index contributed by atoms with van der Waals surface area (Å²) in [5.74, 6) is -0.862. The molecule has 10 nitrogen and oxygen atoms in total. The zero-order chi connectivity index (χ0) is 26.3. The molecule has 1 fully saturated rings. The molecule has 4 unspecified atom stereocenters. The van der Waals surface area contributed by atoms with Crippen molar-refractivity contribution in [3.05, 3.63) is 65.7 Å². The van der Waals surface area contributed by atoms with Gasteiger partial charge < -0.3 is 30.5 Å². The van der Waals surface area contributed by atoms with Crippen molar-refractivity contribution in [3.63, 3.8) is 0 Å². The van der Waals surface area contributed by atoms with E-state index in [0.29, 0.717) is 5.75 Å². The third kappa shape index (κ3) is 7.29. The molecular formula is C26H31N3O7. The normalized spacial score (nSPS) is 18.8. The van der Waals surface area contributed by atoms with E-state index < -0.39 is 41.6 Å². The zero-order valence-corrected chi connectivity index (χ0v) is 20.4. The van der Waals surface area contributed by atoms with E-state index in [-0.39, 0.29) is 25.2 Å². The fraction of sp³-hybridized carbons (Fsp3) is 0.385. The number of carboxylic acid groups (broad SMARTS) is 1. The molecule has 1 aliphatic rings. The molecule has 2 aromatic carbocycles. The lowest BCUT2D eigenvalue weighted by molar-refractivity contribution is -0.133. The maximum absolute atomic E-state index is 13.4. The minimum atomic E-state index is -1.36. The Labute approximate surface area is 209 Å². The Balaban J connectivity index is 1.81. The van der Waals surface area contributed by atoms with Gasteiger partial charge in [-0.2, -0.15) is 0 Å². The molecule has 0 spiro atoms. The van der Waals surface area contributed by atoms with Gasteiger partial charge in [0.2, 0.25) is 11.8 Å². The second-order valence-corrected chi connectivity index (χ2v) is 8.92. The highest BCUT2D eigenvalue weighted by atomic mass is 16.6. The van der Waals surface area contributed by atoms with Gasteiger partial charge in [0, 0.05) is 6.42 Å². The lowest BCUT2D eigenvalue weighted by atomic mass is 9.94. The first-order valence-corrected chi connectivity index (χ1v) is 11.6. The molecule has 3 amide bonds. The maximum Gasteiger partial charge on any atom is 0.405 e. The number of amides is 3. The van der Waals surface area contributed by atoms with E-state index in [1.54, 1.807) is 31.2 Å². The zero-order valence-electron chi connectivity index (χ0n) is 20.4. The highest BCUT2D eigenvalue weighted by Crippen LogP contribution is 2.29. The molecule has 1 aliphatic heterocycles. The van der Waals surface area contributed by atoms with E-state index in [1.165, 1.54) is 14.0 Å². The standard InChI is InChI=1S/C26H31N3O7/c1-16(27-25(33)34)23(31)29-21(14-18-9-11-19(35-3)12-10-18)24(32)28-20(22(30)26(2)15-36-26)13-17-7-5-4-6-8-17/h4-12,16,20-21,27H,13-15H2,1-3H3,(H,28,32)(H,29,31)(H,33,34). The molecule has 3 rings (SSSR count). The van der Waals surface area contributed by atoms with Crippen molar-refractivity contribution in [1.82, 2.24) is 16.0 Å². The third-order valence-electron chi connectivity index (χ3n) is 5.98. The molecule has 0 radical (unpaired) electrons. The van der Waals surface area contributed by atoms with Crippen molar-refractivity contribution in [2.24, 2.45) is 0 Å². The lowest BCUT2D eigenvalue weighted by Gasteiger charge is -2.25. The van der Waals surface area contributed by atoms with E-state index in [2.05, 4.69) is 16.0 Å². The summed E-state index contributed by atoms with van der Waals surface area (Å²) in [4.78, 5) is 50.2. The van der Waals surface area contributed by atoms with Crippen LogP contribution in [0, 0.1) is 0 Å². The Hall–Kier alpha value is -3.92. The van der Waals surface area contributed by atoms with Crippen LogP contribution in [0.4, 0.5) is 4.79 Å². The van der Waals surface area contributed by atoms with Crippen LogP contribution in [0.2, 0.25) is 0 Å². The number of ketones is 1. The third-order valence-corrected chi connectivity index (χ3v) is 5.98. The first-order chi connectivity index (χ1) is 17.1. The van der Waals surface area contributed by atoms with Gasteiger partial charge in [-0.1, -0.05) is 42.5 Å². The average Bonchev–Trinajstić information content (AvgIpc) is 3.61. The smallest absolute Gasteiger partial charge is 0.405 e. The molecule has 0 aliphatic carbocycles. The van der Waals surface area contributed by atoms with E-state index >= 15 is 0 Å². The Morgan fingerprint density at radius 3 is 2.03 bits per heavy atom. The number of nitrogens with one attached hydrogen (secondary N) is 3. The minimum absolute atomic E-state index is 0.112. The Kier molecular flexibility index (Phi) is 8.65. The van der Waals surface area contributed by atoms with Crippen molar-refractivity contribution in [3.8, 4) is 5.75 Å². The Morgan fingerprint density at radius 1 is 0.917 bits per heavy atom. The number of methoxy groups -OCH3 is 1. The van der Waals surface area contributed by atoms with Crippen LogP contribution in [-0.2, 0) is 32.0 Å². The van der Waals surface area contributed by atoms with Crippen molar-refractivity contribution in [2.45, 2.75) is 50.4 Å². The van der Waals surface area contributed by atoms with Crippen molar-refractivity contribution < 1.29 is 33.8 Å². The molecule has 1 saturated heterocycles. The van der Waals surface area contributed by atoms with Gasteiger partial charge in [0.15, 0.2) is 5.78 Å². The van der Waals surface area contributed by atoms with Crippen LogP contribution in [0.5, 0.6) is 5.75 Å². The molecule has 10 heteroatoms. The first-order valence-electron chi connectivity index (χ1n) is 11.6. The van der Waals surface area contributed by atoms with Gasteiger partial charge in [0.25, 0.3) is 0 Å². The summed E-state index contributed by atoms with van der Waals surface area (Å²) >= 11 is 0. The summed E-state index contributed by atoms with van der Waals surface area (Å²) in [7, 11) is 1.54. The van der Waals surface area contributed by atoms with Crippen LogP contribution in [0.25, 0.3) is 0 Å². The highest BCUT2D eigenvalue weighted by Gasteiger charge is 2.50. The average molecular weight is 498 g/mol. The predicted octanol–water partition coefficient (Wildman–Crippen LogP) is 1.46. The number of hydrogen-bond donors (Lipinski definition) is 4. The second kappa shape index (κ2) is 11.7. The predicted molar refractivity (Wildman–Crippen MR) is 131 cm³/mol. The van der Waals surface area contributed by atoms with Crippen molar-refractivity contribution in [1.29, 1.82) is 0 Å². The molecule has 0 bridgehead atoms. The number of hydrogen-bond acceptors (Lipinski definition) is 6. The van der Waals surface area contributed by atoms with E-state index in [9.17, 15) is 19.2 Å². The van der Waals surface area contributed by atoms with Crippen LogP contribution >= 0.6 is 0 Å². The van der Waals surface area contributed by atoms with E-state index in [4.69, 9.17) is 14.6 Å². The summed E-state index contributed by atoms with van der Waals surface area (Å²) in [5, 5.41) is 16.4. The number of carbonyl (C=O) groups excluding carboxylic acids is 3. The summed E-state index contributed by atoms with van der Waals surface area (Å²) in [6.45, 7) is 3.32. The molecule has 4 atom stereocenters. The number of Topliss-reactive ketones (excluding diaryl/α,β-unsaturated/α-hetero) is 1. The molecule has 1 heterocycles. The summed E-state index contributed by atoms with van der Waals surface area (Å²) in [5.41, 5.74) is 0.635. The van der Waals surface area contributed by atoms with E-state index in [1.807, 2.05) is 30.3 Å². The van der Waals surface area contributed by atoms with Crippen molar-refractivity contribution in [2.75, 3.05) is 13.7 Å². The van der Waals surface area contributed by atoms with Gasteiger partial charge in [-0.05, 0) is 43.5 Å². The number of benzene rings is 2. The quantitative estimate of drug-likeness (QED) is 0.325. The number of carbonyl (C=O) groups is 4. The van der Waals surface area contributed by atoms with Gasteiger partial charge in [-0.25, -0.2) is 4.79 Å². The molecule has 0 saturated carbocycles. The van der Waals surface area contributed by atoms with Crippen LogP contribution in [0.3, 0.4) is 0 Å². The van der Waals surface area contributed by atoms with Crippen molar-refractivity contribution >= 4 is 23.7 Å². The highest BCUT2D eigenvalue weighted by molar-refractivity contribution is 5.98. The van der Waals surface area contributed by atoms with Crippen LogP contribution < -0.4 is 20.7 Å². The van der Waals surface area contributed by atoms with Gasteiger partial charge in [0.05, 0.1) is 19.8 Å². The van der Waals surface area contributed by atoms with E-state index in [0.717, 1.165) is 11.1 Å². The topological polar surface area (TPSA) is 146 Å². The lowest BCUT2D eigenvalue weighted by Crippen LogP contribution is -2.57. The van der Waals surface area contributed by atoms with Gasteiger partial charge in [0.1, 0.15) is 23.4 Å². The molecule has 0 aromatic heterocycles. The summed E-state index contributed by atoms with van der Waals surface area (Å²) in [6.07, 6.45) is -0.994. The van der Waals surface area contributed by atoms with Gasteiger partial charge in [-0.3, -0.25) is 14.4 Å². The largest absolute Gasteiger partial charge is 0.497 e. The fourth-order valence-corrected chi connectivity index (χ4v) is 3.70. The molecular weight excluding hydrogens is 466 g/mol. The van der Waals surface area contributed by atoms with Crippen LogP contribution in [0.1, 0.15) is 25.0 Å². The molecule has 2 aromatic rings. The summed E-state index contributed by atoms with van der Waals surface area (Å²) in [6, 6.07) is 13.2.